The molecule has 0 aliphatic rings. The van der Waals surface area contributed by atoms with Gasteiger partial charge in [-0.05, 0) is 35.8 Å². The van der Waals surface area contributed by atoms with E-state index in [4.69, 9.17) is 16.6 Å². The lowest BCUT2D eigenvalue weighted by molar-refractivity contribution is -0.141. The van der Waals surface area contributed by atoms with Gasteiger partial charge in [-0.1, -0.05) is 70.9 Å². The molecule has 8 amide bonds. The second-order valence-electron chi connectivity index (χ2n) is 14.2. The Labute approximate surface area is 352 Å². The number of rotatable bonds is 28. The number of carboxylic acids is 2. The lowest BCUT2D eigenvalue weighted by atomic mass is 9.96. The lowest BCUT2D eigenvalue weighted by Crippen LogP contribution is -2.61. The zero-order chi connectivity index (χ0) is 45.5. The number of nitrogens with two attached hydrogens (primary N) is 2. The van der Waals surface area contributed by atoms with Crippen LogP contribution in [0.2, 0.25) is 0 Å². The highest BCUT2D eigenvalue weighted by Gasteiger charge is 2.35. The van der Waals surface area contributed by atoms with Crippen molar-refractivity contribution in [3.8, 4) is 0 Å². The molecule has 0 saturated carbocycles. The third-order valence-electron chi connectivity index (χ3n) is 9.37. The van der Waals surface area contributed by atoms with Crippen LogP contribution in [0.15, 0.2) is 30.3 Å². The number of benzene rings is 1. The number of hydrogen-bond donors (Lipinski definition) is 11. The van der Waals surface area contributed by atoms with Gasteiger partial charge in [0.25, 0.3) is 0 Å². The fraction of sp³-hybridized carbons (Fsp3) is 0.579. The Bertz CT molecular complexity index is 1670. The fourth-order valence-electron chi connectivity index (χ4n) is 5.52. The largest absolute Gasteiger partial charge is 0.481 e. The number of carboxylic acid groups (broad SMARTS) is 2. The molecule has 334 valence electrons. The van der Waals surface area contributed by atoms with Gasteiger partial charge in [-0.3, -0.25) is 47.9 Å². The summed E-state index contributed by atoms with van der Waals surface area (Å²) in [6.45, 7) is 5.33. The quantitative estimate of drug-likeness (QED) is 0.0415. The minimum absolute atomic E-state index is 0.0446. The Kier molecular flexibility index (Phi) is 23.6. The highest BCUT2D eigenvalue weighted by Crippen LogP contribution is 2.13. The van der Waals surface area contributed by atoms with Crippen molar-refractivity contribution in [2.45, 2.75) is 102 Å². The van der Waals surface area contributed by atoms with E-state index in [9.17, 15) is 53.1 Å². The van der Waals surface area contributed by atoms with Gasteiger partial charge in [0.2, 0.25) is 47.3 Å². The second-order valence-corrected chi connectivity index (χ2v) is 15.1. The molecule has 0 aromatic heterocycles. The molecule has 0 spiro atoms. The summed E-state index contributed by atoms with van der Waals surface area (Å²) in [6.07, 6.45) is 1.35. The number of carbonyl (C=O) groups excluding carboxylic acids is 8. The van der Waals surface area contributed by atoms with Gasteiger partial charge in [0, 0.05) is 6.42 Å². The summed E-state index contributed by atoms with van der Waals surface area (Å²) in [5.74, 6) is -10.1. The summed E-state index contributed by atoms with van der Waals surface area (Å²) in [4.78, 5) is 126. The molecule has 0 fully saturated rings. The molecule has 22 heteroatoms. The van der Waals surface area contributed by atoms with Crippen molar-refractivity contribution in [3.05, 3.63) is 35.9 Å². The van der Waals surface area contributed by atoms with Crippen LogP contribution in [0, 0.1) is 11.8 Å². The van der Waals surface area contributed by atoms with Crippen molar-refractivity contribution in [2.24, 2.45) is 23.3 Å². The van der Waals surface area contributed by atoms with Gasteiger partial charge in [-0.2, -0.15) is 11.8 Å². The first kappa shape index (κ1) is 52.2. The standard InChI is InChI=1S/C38H59N9O12S/c1-6-20(3)31(37(58)41-18-28(49)43-26(17-29(50)51)34(55)42-19-30(52)53)47-36(57)25(15-22-11-9-8-10-12-22)45-35(56)24(13-14-60-5)44-38(59)32(21(4)7-2)46-33(54)23(39)16-27(40)48/h8-12,20-21,23-26,31-32H,6-7,13-19,39H2,1-5H3,(H2,40,48)(H,41,58)(H,42,55)(H,43,49)(H,44,59)(H,45,56)(H,46,54)(H,47,57)(H,50,51)(H,52,53). The predicted molar refractivity (Wildman–Crippen MR) is 219 cm³/mol. The molecule has 60 heavy (non-hydrogen) atoms. The first-order chi connectivity index (χ1) is 28.2. The molecule has 0 aliphatic heterocycles. The van der Waals surface area contributed by atoms with Crippen LogP contribution >= 0.6 is 11.8 Å². The number of primary amides is 1. The van der Waals surface area contributed by atoms with Gasteiger partial charge in [0.05, 0.1) is 25.4 Å². The van der Waals surface area contributed by atoms with Gasteiger partial charge in [-0.15, -0.1) is 0 Å². The Hall–Kier alpha value is -5.77. The first-order valence-electron chi connectivity index (χ1n) is 19.3. The molecule has 0 heterocycles. The Morgan fingerprint density at radius 2 is 1.17 bits per heavy atom. The summed E-state index contributed by atoms with van der Waals surface area (Å²) in [7, 11) is 0. The molecule has 1 aromatic rings. The molecule has 13 N–H and O–H groups in total. The number of amides is 8. The molecule has 0 bridgehead atoms. The molecule has 1 aromatic carbocycles. The number of hydrogen-bond acceptors (Lipinski definition) is 12. The smallest absolute Gasteiger partial charge is 0.322 e. The molecule has 0 aliphatic carbocycles. The highest BCUT2D eigenvalue weighted by atomic mass is 32.2. The number of carbonyl (C=O) groups is 10. The van der Waals surface area contributed by atoms with Gasteiger partial charge in [-0.25, -0.2) is 0 Å². The SMILES string of the molecule is CCC(C)C(NC(=O)C(N)CC(N)=O)C(=O)NC(CCSC)C(=O)NC(Cc1ccccc1)C(=O)NC(C(=O)NCC(=O)NC(CC(=O)O)C(=O)NCC(=O)O)C(C)CC. The van der Waals surface area contributed by atoms with E-state index < -0.39 is 133 Å². The van der Waals surface area contributed by atoms with Crippen molar-refractivity contribution in [3.63, 3.8) is 0 Å². The monoisotopic (exact) mass is 865 g/mol. The zero-order valence-corrected chi connectivity index (χ0v) is 35.2. The average Bonchev–Trinajstić information content (AvgIpc) is 3.19. The number of nitrogens with one attached hydrogen (secondary N) is 7. The zero-order valence-electron chi connectivity index (χ0n) is 34.4. The molecule has 21 nitrogen and oxygen atoms in total. The molecule has 8 atom stereocenters. The maximum Gasteiger partial charge on any atom is 0.322 e. The summed E-state index contributed by atoms with van der Waals surface area (Å²) in [5, 5.41) is 35.1. The van der Waals surface area contributed by atoms with E-state index in [1.54, 1.807) is 64.3 Å². The van der Waals surface area contributed by atoms with Crippen LogP contribution < -0.4 is 48.7 Å². The normalized spacial score (nSPS) is 14.8. The van der Waals surface area contributed by atoms with Crippen LogP contribution in [0.1, 0.15) is 65.4 Å². The summed E-state index contributed by atoms with van der Waals surface area (Å²) < 4.78 is 0. The van der Waals surface area contributed by atoms with E-state index in [0.717, 1.165) is 0 Å². The maximum atomic E-state index is 14.0. The lowest BCUT2D eigenvalue weighted by Gasteiger charge is -2.29. The fourth-order valence-corrected chi connectivity index (χ4v) is 5.99. The van der Waals surface area contributed by atoms with E-state index in [0.29, 0.717) is 24.2 Å². The van der Waals surface area contributed by atoms with Crippen LogP contribution in [-0.4, -0.2) is 131 Å². The average molecular weight is 866 g/mol. The summed E-state index contributed by atoms with van der Waals surface area (Å²) >= 11 is 1.39. The summed E-state index contributed by atoms with van der Waals surface area (Å²) in [6, 6.07) is 0.783. The summed E-state index contributed by atoms with van der Waals surface area (Å²) in [5.41, 5.74) is 11.6. The molecule has 0 saturated heterocycles. The Balaban J connectivity index is 3.32. The van der Waals surface area contributed by atoms with Crippen molar-refractivity contribution in [2.75, 3.05) is 25.1 Å². The first-order valence-corrected chi connectivity index (χ1v) is 20.7. The second kappa shape index (κ2) is 27.1. The van der Waals surface area contributed by atoms with Gasteiger partial charge in [0.1, 0.15) is 36.8 Å². The van der Waals surface area contributed by atoms with Gasteiger partial charge >= 0.3 is 11.9 Å². The van der Waals surface area contributed by atoms with Crippen LogP contribution in [0.5, 0.6) is 0 Å². The van der Waals surface area contributed by atoms with E-state index >= 15 is 0 Å². The third-order valence-corrected chi connectivity index (χ3v) is 10.0. The minimum Gasteiger partial charge on any atom is -0.481 e. The van der Waals surface area contributed by atoms with Gasteiger partial charge in [0.15, 0.2) is 0 Å². The maximum absolute atomic E-state index is 14.0. The van der Waals surface area contributed by atoms with E-state index in [1.807, 2.05) is 5.32 Å². The Morgan fingerprint density at radius 3 is 1.70 bits per heavy atom. The van der Waals surface area contributed by atoms with Gasteiger partial charge < -0.3 is 58.9 Å². The molecular weight excluding hydrogens is 807 g/mol. The van der Waals surface area contributed by atoms with E-state index in [-0.39, 0.29) is 12.8 Å². The van der Waals surface area contributed by atoms with Crippen molar-refractivity contribution >= 4 is 71.0 Å². The number of thioether (sulfide) groups is 1. The van der Waals surface area contributed by atoms with Crippen LogP contribution in [-0.2, 0) is 54.4 Å². The Morgan fingerprint density at radius 1 is 0.633 bits per heavy atom. The van der Waals surface area contributed by atoms with E-state index in [2.05, 4.69) is 31.9 Å². The van der Waals surface area contributed by atoms with Crippen LogP contribution in [0.3, 0.4) is 0 Å². The van der Waals surface area contributed by atoms with Crippen molar-refractivity contribution in [1.82, 2.24) is 37.2 Å². The minimum atomic E-state index is -1.66. The van der Waals surface area contributed by atoms with Crippen molar-refractivity contribution < 1.29 is 58.2 Å². The predicted octanol–water partition coefficient (Wildman–Crippen LogP) is -2.51. The molecule has 0 radical (unpaired) electrons. The molecule has 8 unspecified atom stereocenters. The van der Waals surface area contributed by atoms with E-state index in [1.165, 1.54) is 11.8 Å². The van der Waals surface area contributed by atoms with Crippen molar-refractivity contribution in [1.29, 1.82) is 0 Å². The third kappa shape index (κ3) is 19.3. The number of aliphatic carboxylic acids is 2. The van der Waals surface area contributed by atoms with Crippen LogP contribution in [0.25, 0.3) is 0 Å². The van der Waals surface area contributed by atoms with Crippen LogP contribution in [0.4, 0.5) is 0 Å². The molecular formula is C38H59N9O12S. The topological polar surface area (TPSA) is 347 Å². The molecule has 1 rings (SSSR count). The highest BCUT2D eigenvalue weighted by molar-refractivity contribution is 7.98.